The molecule has 106 valence electrons. The van der Waals surface area contributed by atoms with E-state index in [4.69, 9.17) is 4.74 Å². The highest BCUT2D eigenvalue weighted by Gasteiger charge is 2.19. The fraction of sp³-hybridized carbons (Fsp3) is 0.353. The van der Waals surface area contributed by atoms with Crippen LogP contribution in [0.3, 0.4) is 0 Å². The van der Waals surface area contributed by atoms with Crippen LogP contribution in [0.4, 0.5) is 0 Å². The molecule has 0 aliphatic heterocycles. The molecule has 0 radical (unpaired) electrons. The second-order valence-electron chi connectivity index (χ2n) is 6.07. The quantitative estimate of drug-likeness (QED) is 0.718. The van der Waals surface area contributed by atoms with E-state index in [0.29, 0.717) is 5.88 Å². The number of benzene rings is 1. The molecular weight excluding hydrogens is 314 g/mol. The summed E-state index contributed by atoms with van der Waals surface area (Å²) in [4.78, 5) is 4.45. The smallest absolute Gasteiger partial charge is 0.219 e. The number of nitrogens with zero attached hydrogens (tertiary/aromatic N) is 1. The van der Waals surface area contributed by atoms with Crippen molar-refractivity contribution in [2.24, 2.45) is 0 Å². The molecule has 0 aliphatic carbocycles. The van der Waals surface area contributed by atoms with Crippen LogP contribution in [-0.2, 0) is 5.41 Å². The van der Waals surface area contributed by atoms with Gasteiger partial charge in [-0.15, -0.1) is 0 Å². The molecule has 2 aromatic rings. The van der Waals surface area contributed by atoms with E-state index in [0.717, 1.165) is 15.9 Å². The van der Waals surface area contributed by atoms with E-state index >= 15 is 0 Å². The first-order chi connectivity index (χ1) is 9.27. The molecule has 0 spiro atoms. The van der Waals surface area contributed by atoms with Crippen molar-refractivity contribution < 1.29 is 4.74 Å². The summed E-state index contributed by atoms with van der Waals surface area (Å²) in [5.41, 5.74) is 3.33. The maximum absolute atomic E-state index is 6.02. The van der Waals surface area contributed by atoms with Gasteiger partial charge in [0.15, 0.2) is 0 Å². The Hall–Kier alpha value is -1.35. The van der Waals surface area contributed by atoms with Crippen molar-refractivity contribution in [3.8, 4) is 11.6 Å². The number of hydrogen-bond donors (Lipinski definition) is 0. The summed E-state index contributed by atoms with van der Waals surface area (Å²) in [5, 5.41) is 0. The van der Waals surface area contributed by atoms with E-state index in [1.807, 2.05) is 19.1 Å². The Morgan fingerprint density at radius 2 is 1.75 bits per heavy atom. The van der Waals surface area contributed by atoms with Crippen LogP contribution >= 0.6 is 15.9 Å². The van der Waals surface area contributed by atoms with Gasteiger partial charge in [-0.05, 0) is 52.9 Å². The van der Waals surface area contributed by atoms with Gasteiger partial charge in [-0.1, -0.05) is 32.9 Å². The van der Waals surface area contributed by atoms with Gasteiger partial charge in [0.2, 0.25) is 5.88 Å². The maximum Gasteiger partial charge on any atom is 0.219 e. The van der Waals surface area contributed by atoms with Gasteiger partial charge in [0.25, 0.3) is 0 Å². The van der Waals surface area contributed by atoms with E-state index in [9.17, 15) is 0 Å². The lowest BCUT2D eigenvalue weighted by Gasteiger charge is -2.23. The van der Waals surface area contributed by atoms with Gasteiger partial charge in [-0.25, -0.2) is 4.98 Å². The summed E-state index contributed by atoms with van der Waals surface area (Å²) in [6, 6.07) is 10.2. The first-order valence-corrected chi connectivity index (χ1v) is 7.49. The van der Waals surface area contributed by atoms with Crippen LogP contribution in [0.1, 0.15) is 37.6 Å². The Morgan fingerprint density at radius 3 is 2.35 bits per heavy atom. The number of hydrogen-bond acceptors (Lipinski definition) is 2. The lowest BCUT2D eigenvalue weighted by molar-refractivity contribution is 0.438. The van der Waals surface area contributed by atoms with E-state index in [-0.39, 0.29) is 5.41 Å². The van der Waals surface area contributed by atoms with Crippen LogP contribution in [0.25, 0.3) is 0 Å². The third kappa shape index (κ3) is 3.40. The van der Waals surface area contributed by atoms with Gasteiger partial charge in [0, 0.05) is 16.1 Å². The summed E-state index contributed by atoms with van der Waals surface area (Å²) in [6.45, 7) is 10.6. The number of aromatic nitrogens is 1. The Kier molecular flexibility index (Phi) is 4.19. The predicted molar refractivity (Wildman–Crippen MR) is 86.6 cm³/mol. The van der Waals surface area contributed by atoms with Crippen molar-refractivity contribution in [2.75, 3.05) is 0 Å². The second kappa shape index (κ2) is 5.57. The zero-order valence-electron chi connectivity index (χ0n) is 12.6. The number of aryl methyl sites for hydroxylation is 2. The van der Waals surface area contributed by atoms with Crippen LogP contribution < -0.4 is 4.74 Å². The summed E-state index contributed by atoms with van der Waals surface area (Å²) in [5.74, 6) is 1.51. The minimum Gasteiger partial charge on any atom is -0.439 e. The number of pyridine rings is 1. The number of rotatable bonds is 2. The van der Waals surface area contributed by atoms with Gasteiger partial charge >= 0.3 is 0 Å². The number of halogens is 1. The van der Waals surface area contributed by atoms with Crippen molar-refractivity contribution in [1.29, 1.82) is 0 Å². The molecular formula is C17H20BrNO. The van der Waals surface area contributed by atoms with Gasteiger partial charge in [0.1, 0.15) is 5.75 Å². The van der Waals surface area contributed by atoms with Gasteiger partial charge < -0.3 is 4.74 Å². The third-order valence-corrected chi connectivity index (χ3v) is 3.99. The van der Waals surface area contributed by atoms with E-state index in [1.54, 1.807) is 0 Å². The van der Waals surface area contributed by atoms with Crippen molar-refractivity contribution in [1.82, 2.24) is 4.98 Å². The molecule has 0 bridgehead atoms. The minimum absolute atomic E-state index is 0.0352. The van der Waals surface area contributed by atoms with Crippen molar-refractivity contribution in [3.05, 3.63) is 51.6 Å². The van der Waals surface area contributed by atoms with Crippen molar-refractivity contribution >= 4 is 15.9 Å². The van der Waals surface area contributed by atoms with Crippen molar-refractivity contribution in [2.45, 2.75) is 40.0 Å². The third-order valence-electron chi connectivity index (χ3n) is 3.16. The topological polar surface area (TPSA) is 22.1 Å². The van der Waals surface area contributed by atoms with Gasteiger partial charge in [-0.2, -0.15) is 0 Å². The molecule has 1 heterocycles. The molecule has 0 unspecified atom stereocenters. The van der Waals surface area contributed by atoms with Crippen LogP contribution in [0.5, 0.6) is 11.6 Å². The first-order valence-electron chi connectivity index (χ1n) is 6.69. The Bertz CT molecular complexity index is 629. The Labute approximate surface area is 129 Å². The Morgan fingerprint density at radius 1 is 1.05 bits per heavy atom. The lowest BCUT2D eigenvalue weighted by Crippen LogP contribution is -2.12. The zero-order chi connectivity index (χ0) is 14.9. The maximum atomic E-state index is 6.02. The summed E-state index contributed by atoms with van der Waals surface area (Å²) in [6.07, 6.45) is 0. The zero-order valence-corrected chi connectivity index (χ0v) is 14.2. The lowest BCUT2D eigenvalue weighted by atomic mass is 9.86. The first kappa shape index (κ1) is 15.0. The summed E-state index contributed by atoms with van der Waals surface area (Å²) in [7, 11) is 0. The molecule has 20 heavy (non-hydrogen) atoms. The largest absolute Gasteiger partial charge is 0.439 e. The predicted octanol–water partition coefficient (Wildman–Crippen LogP) is 5.55. The van der Waals surface area contributed by atoms with Gasteiger partial charge in [-0.3, -0.25) is 0 Å². The minimum atomic E-state index is 0.0352. The monoisotopic (exact) mass is 333 g/mol. The summed E-state index contributed by atoms with van der Waals surface area (Å²) < 4.78 is 7.01. The molecule has 0 atom stereocenters. The fourth-order valence-electron chi connectivity index (χ4n) is 2.02. The average molecular weight is 334 g/mol. The van der Waals surface area contributed by atoms with Crippen LogP contribution in [0.2, 0.25) is 0 Å². The van der Waals surface area contributed by atoms with Crippen LogP contribution in [0.15, 0.2) is 34.8 Å². The molecule has 1 aromatic carbocycles. The molecule has 0 saturated heterocycles. The van der Waals surface area contributed by atoms with Crippen molar-refractivity contribution in [3.63, 3.8) is 0 Å². The second-order valence-corrected chi connectivity index (χ2v) is 6.92. The van der Waals surface area contributed by atoms with E-state index in [2.05, 4.69) is 66.8 Å². The molecule has 0 amide bonds. The summed E-state index contributed by atoms with van der Waals surface area (Å²) >= 11 is 3.45. The standard InChI is InChI=1S/C17H20BrNO/c1-11-6-7-13(17(3,4)5)15(10-11)20-16-9-8-14(18)12(2)19-16/h6-10H,1-5H3. The molecule has 2 nitrogen and oxygen atoms in total. The van der Waals surface area contributed by atoms with E-state index in [1.165, 1.54) is 11.1 Å². The normalized spacial score (nSPS) is 11.5. The SMILES string of the molecule is Cc1ccc(C(C)(C)C)c(Oc2ccc(Br)c(C)n2)c1. The molecule has 0 saturated carbocycles. The average Bonchev–Trinajstić information content (AvgIpc) is 2.32. The van der Waals surface area contributed by atoms with Crippen LogP contribution in [-0.4, -0.2) is 4.98 Å². The van der Waals surface area contributed by atoms with Crippen LogP contribution in [0, 0.1) is 13.8 Å². The molecule has 0 aliphatic rings. The van der Waals surface area contributed by atoms with E-state index < -0.39 is 0 Å². The highest BCUT2D eigenvalue weighted by atomic mass is 79.9. The molecule has 2 rings (SSSR count). The number of ether oxygens (including phenoxy) is 1. The highest BCUT2D eigenvalue weighted by molar-refractivity contribution is 9.10. The highest BCUT2D eigenvalue weighted by Crippen LogP contribution is 2.34. The van der Waals surface area contributed by atoms with Gasteiger partial charge in [0.05, 0.1) is 5.69 Å². The molecule has 1 aromatic heterocycles. The molecule has 0 N–H and O–H groups in total. The molecule has 0 fully saturated rings. The fourth-order valence-corrected chi connectivity index (χ4v) is 2.24. The molecule has 3 heteroatoms. The Balaban J connectivity index is 2.42.